The van der Waals surface area contributed by atoms with Crippen LogP contribution in [0.5, 0.6) is 11.5 Å². The monoisotopic (exact) mass is 642 g/mol. The second kappa shape index (κ2) is 10.8. The van der Waals surface area contributed by atoms with Crippen molar-refractivity contribution in [2.24, 2.45) is 0 Å². The summed E-state index contributed by atoms with van der Waals surface area (Å²) in [5.41, 5.74) is 1.97. The molecule has 2 aromatic rings. The van der Waals surface area contributed by atoms with E-state index in [0.29, 0.717) is 11.5 Å². The molecule has 0 aliphatic rings. The molecule has 0 aliphatic carbocycles. The molecule has 0 fully saturated rings. The number of hydrogen-bond donors (Lipinski definition) is 2. The van der Waals surface area contributed by atoms with Crippen LogP contribution in [-0.2, 0) is 5.41 Å². The number of benzene rings is 2. The molecule has 0 radical (unpaired) electrons. The second-order valence-electron chi connectivity index (χ2n) is 6.37. The van der Waals surface area contributed by atoms with E-state index in [0.717, 1.165) is 35.4 Å². The van der Waals surface area contributed by atoms with Crippen LogP contribution in [0.15, 0.2) is 42.2 Å². The van der Waals surface area contributed by atoms with Crippen molar-refractivity contribution in [3.05, 3.63) is 53.3 Å². The number of aliphatic hydroxyl groups is 2. The molecule has 4 nitrogen and oxygen atoms in total. The fraction of sp³-hybridized carbons (Fsp3) is 0.400. The molecule has 2 N–H and O–H groups in total. The van der Waals surface area contributed by atoms with Gasteiger partial charge in [0.15, 0.2) is 0 Å². The highest BCUT2D eigenvalue weighted by atomic mass is 79.9. The SMILES string of the molecule is CCC(C)(c1cc(Br)c(OCCO)c(Br)c1)c1cc(Br)c(OCCO)c(Br)c1. The molecule has 0 heterocycles. The van der Waals surface area contributed by atoms with Gasteiger partial charge in [-0.3, -0.25) is 0 Å². The van der Waals surface area contributed by atoms with Crippen molar-refractivity contribution < 1.29 is 19.7 Å². The fourth-order valence-electron chi connectivity index (χ4n) is 2.90. The Hall–Kier alpha value is -0.120. The van der Waals surface area contributed by atoms with Gasteiger partial charge in [-0.05, 0) is 106 Å². The van der Waals surface area contributed by atoms with Gasteiger partial charge in [0.25, 0.3) is 0 Å². The number of halogens is 4. The fourth-order valence-corrected chi connectivity index (χ4v) is 5.73. The Labute approximate surface area is 199 Å². The zero-order valence-corrected chi connectivity index (χ0v) is 21.9. The van der Waals surface area contributed by atoms with Crippen molar-refractivity contribution in [1.29, 1.82) is 0 Å². The first-order valence-electron chi connectivity index (χ1n) is 8.74. The Kier molecular flexibility index (Phi) is 9.29. The number of aliphatic hydroxyl groups excluding tert-OH is 2. The maximum Gasteiger partial charge on any atom is 0.147 e. The lowest BCUT2D eigenvalue weighted by Gasteiger charge is -2.31. The Morgan fingerprint density at radius 1 is 0.750 bits per heavy atom. The first kappa shape index (κ1) is 24.2. The van der Waals surface area contributed by atoms with Crippen LogP contribution >= 0.6 is 63.7 Å². The minimum absolute atomic E-state index is 0.0416. The lowest BCUT2D eigenvalue weighted by molar-refractivity contribution is 0.199. The standard InChI is InChI=1S/C20H22Br4O4/c1-3-20(2,12-8-14(21)18(15(22)9-12)27-6-4-25)13-10-16(23)19(17(24)11-13)28-7-5-26/h8-11,25-26H,3-7H2,1-2H3. The van der Waals surface area contributed by atoms with Gasteiger partial charge in [0.2, 0.25) is 0 Å². The smallest absolute Gasteiger partial charge is 0.147 e. The second-order valence-corrected chi connectivity index (χ2v) is 9.79. The average Bonchev–Trinajstić information content (AvgIpc) is 2.65. The van der Waals surface area contributed by atoms with Gasteiger partial charge in [0, 0.05) is 5.41 Å². The Bertz CT molecular complexity index is 716. The summed E-state index contributed by atoms with van der Waals surface area (Å²) in [6.45, 7) is 4.72. The summed E-state index contributed by atoms with van der Waals surface area (Å²) in [6, 6.07) is 8.22. The third-order valence-corrected chi connectivity index (χ3v) is 7.01. The summed E-state index contributed by atoms with van der Waals surface area (Å²) >= 11 is 14.4. The minimum atomic E-state index is -0.263. The van der Waals surface area contributed by atoms with Gasteiger partial charge < -0.3 is 19.7 Å². The van der Waals surface area contributed by atoms with Crippen molar-refractivity contribution in [2.45, 2.75) is 25.7 Å². The molecule has 8 heteroatoms. The first-order valence-corrected chi connectivity index (χ1v) is 11.9. The van der Waals surface area contributed by atoms with E-state index in [2.05, 4.69) is 102 Å². The Morgan fingerprint density at radius 2 is 1.07 bits per heavy atom. The predicted molar refractivity (Wildman–Crippen MR) is 126 cm³/mol. The zero-order chi connectivity index (χ0) is 20.9. The molecular weight excluding hydrogens is 624 g/mol. The molecule has 0 bridgehead atoms. The van der Waals surface area contributed by atoms with Gasteiger partial charge in [-0.1, -0.05) is 13.8 Å². The molecule has 0 saturated carbocycles. The third-order valence-electron chi connectivity index (χ3n) is 4.65. The summed E-state index contributed by atoms with van der Waals surface area (Å²) in [6.07, 6.45) is 0.873. The van der Waals surface area contributed by atoms with Crippen molar-refractivity contribution in [1.82, 2.24) is 0 Å². The van der Waals surface area contributed by atoms with E-state index >= 15 is 0 Å². The molecule has 2 rings (SSSR count). The van der Waals surface area contributed by atoms with Gasteiger partial charge in [-0.15, -0.1) is 0 Å². The molecule has 0 amide bonds. The largest absolute Gasteiger partial charge is 0.489 e. The number of ether oxygens (including phenoxy) is 2. The number of hydrogen-bond acceptors (Lipinski definition) is 4. The van der Waals surface area contributed by atoms with Crippen LogP contribution in [-0.4, -0.2) is 36.6 Å². The molecule has 0 aromatic heterocycles. The highest BCUT2D eigenvalue weighted by molar-refractivity contribution is 9.11. The zero-order valence-electron chi connectivity index (χ0n) is 15.6. The quantitative estimate of drug-likeness (QED) is 0.341. The summed E-state index contributed by atoms with van der Waals surface area (Å²) in [7, 11) is 0. The summed E-state index contributed by atoms with van der Waals surface area (Å²) in [4.78, 5) is 0. The molecule has 28 heavy (non-hydrogen) atoms. The van der Waals surface area contributed by atoms with E-state index in [1.807, 2.05) is 0 Å². The molecule has 0 aliphatic heterocycles. The van der Waals surface area contributed by atoms with E-state index in [1.165, 1.54) is 0 Å². The lowest BCUT2D eigenvalue weighted by Crippen LogP contribution is -2.23. The first-order chi connectivity index (χ1) is 13.3. The summed E-state index contributed by atoms with van der Waals surface area (Å²) in [5, 5.41) is 18.0. The molecule has 154 valence electrons. The van der Waals surface area contributed by atoms with Crippen molar-refractivity contribution >= 4 is 63.7 Å². The van der Waals surface area contributed by atoms with Crippen LogP contribution in [0.1, 0.15) is 31.4 Å². The molecule has 0 saturated heterocycles. The van der Waals surface area contributed by atoms with Gasteiger partial charge in [-0.25, -0.2) is 0 Å². The van der Waals surface area contributed by atoms with Crippen LogP contribution in [0.25, 0.3) is 0 Å². The van der Waals surface area contributed by atoms with Crippen LogP contribution in [0.3, 0.4) is 0 Å². The molecule has 0 unspecified atom stereocenters. The van der Waals surface area contributed by atoms with Crippen LogP contribution in [0, 0.1) is 0 Å². The minimum Gasteiger partial charge on any atom is -0.489 e. The maximum atomic E-state index is 9.02. The van der Waals surface area contributed by atoms with Gasteiger partial charge in [-0.2, -0.15) is 0 Å². The topological polar surface area (TPSA) is 58.9 Å². The molecule has 0 atom stereocenters. The average molecular weight is 646 g/mol. The highest BCUT2D eigenvalue weighted by Gasteiger charge is 2.30. The van der Waals surface area contributed by atoms with Gasteiger partial charge in [0.1, 0.15) is 24.7 Å². The highest BCUT2D eigenvalue weighted by Crippen LogP contribution is 2.45. The van der Waals surface area contributed by atoms with E-state index in [4.69, 9.17) is 19.7 Å². The van der Waals surface area contributed by atoms with Crippen molar-refractivity contribution in [3.63, 3.8) is 0 Å². The summed E-state index contributed by atoms with van der Waals surface area (Å²) < 4.78 is 14.5. The normalized spacial score (nSPS) is 11.6. The van der Waals surface area contributed by atoms with Crippen LogP contribution < -0.4 is 9.47 Å². The van der Waals surface area contributed by atoms with E-state index in [9.17, 15) is 0 Å². The van der Waals surface area contributed by atoms with Crippen molar-refractivity contribution in [3.8, 4) is 11.5 Å². The van der Waals surface area contributed by atoms with Gasteiger partial charge in [0.05, 0.1) is 31.1 Å². The Morgan fingerprint density at radius 3 is 1.32 bits per heavy atom. The van der Waals surface area contributed by atoms with E-state index in [-0.39, 0.29) is 31.8 Å². The van der Waals surface area contributed by atoms with E-state index < -0.39 is 0 Å². The van der Waals surface area contributed by atoms with Crippen molar-refractivity contribution in [2.75, 3.05) is 26.4 Å². The van der Waals surface area contributed by atoms with E-state index in [1.54, 1.807) is 0 Å². The number of rotatable bonds is 9. The van der Waals surface area contributed by atoms with Crippen LogP contribution in [0.2, 0.25) is 0 Å². The lowest BCUT2D eigenvalue weighted by atomic mass is 9.74. The Balaban J connectivity index is 2.50. The van der Waals surface area contributed by atoms with Crippen LogP contribution in [0.4, 0.5) is 0 Å². The maximum absolute atomic E-state index is 9.02. The predicted octanol–water partition coefficient (Wildman–Crippen LogP) is 6.19. The van der Waals surface area contributed by atoms with Gasteiger partial charge >= 0.3 is 0 Å². The molecule has 2 aromatic carbocycles. The third kappa shape index (κ3) is 5.32. The molecule has 0 spiro atoms. The summed E-state index contributed by atoms with van der Waals surface area (Å²) in [5.74, 6) is 1.35. The molecular formula is C20H22Br4O4.